The summed E-state index contributed by atoms with van der Waals surface area (Å²) in [6, 6.07) is 6.75. The largest absolute Gasteiger partial charge is 0.381 e. The molecule has 1 fully saturated rings. The molecule has 1 saturated heterocycles. The van der Waals surface area contributed by atoms with Gasteiger partial charge in [0, 0.05) is 44.1 Å². The van der Waals surface area contributed by atoms with Crippen LogP contribution in [0.15, 0.2) is 36.7 Å². The number of benzene rings is 1. The molecule has 2 heterocycles. The van der Waals surface area contributed by atoms with Gasteiger partial charge in [-0.05, 0) is 43.0 Å². The number of aromatic nitrogens is 2. The van der Waals surface area contributed by atoms with E-state index < -0.39 is 0 Å². The fraction of sp³-hybridized carbons (Fsp3) is 0.389. The summed E-state index contributed by atoms with van der Waals surface area (Å²) in [4.78, 5) is 23.3. The summed E-state index contributed by atoms with van der Waals surface area (Å²) in [6.07, 6.45) is 5.59. The van der Waals surface area contributed by atoms with Crippen LogP contribution in [0.1, 0.15) is 30.1 Å². The third kappa shape index (κ3) is 4.90. The normalized spacial score (nSPS) is 14.9. The minimum absolute atomic E-state index is 0.144. The van der Waals surface area contributed by atoms with Crippen LogP contribution in [0.5, 0.6) is 0 Å². The van der Waals surface area contributed by atoms with Crippen LogP contribution in [0.3, 0.4) is 0 Å². The van der Waals surface area contributed by atoms with Crippen LogP contribution in [-0.4, -0.2) is 34.8 Å². The Bertz CT molecular complexity index is 733. The molecule has 1 aliphatic rings. The highest BCUT2D eigenvalue weighted by Gasteiger charge is 2.15. The Kier molecular flexibility index (Phi) is 5.45. The van der Waals surface area contributed by atoms with E-state index in [-0.39, 0.29) is 11.8 Å². The number of rotatable bonds is 5. The van der Waals surface area contributed by atoms with E-state index in [9.17, 15) is 9.59 Å². The predicted molar refractivity (Wildman–Crippen MR) is 94.5 cm³/mol. The minimum Gasteiger partial charge on any atom is -0.381 e. The molecule has 1 aliphatic heterocycles. The van der Waals surface area contributed by atoms with E-state index >= 15 is 0 Å². The lowest BCUT2D eigenvalue weighted by molar-refractivity contribution is -0.114. The molecule has 2 aromatic rings. The zero-order valence-electron chi connectivity index (χ0n) is 14.2. The number of carbonyl (C=O) groups excluding carboxylic acids is 2. The lowest BCUT2D eigenvalue weighted by Crippen LogP contribution is -2.20. The van der Waals surface area contributed by atoms with Gasteiger partial charge in [0.25, 0.3) is 5.91 Å². The monoisotopic (exact) mass is 342 g/mol. The zero-order chi connectivity index (χ0) is 17.6. The second kappa shape index (κ2) is 7.94. The van der Waals surface area contributed by atoms with Gasteiger partial charge >= 0.3 is 0 Å². The van der Waals surface area contributed by atoms with Gasteiger partial charge in [0.2, 0.25) is 5.91 Å². The molecule has 0 radical (unpaired) electrons. The number of hydrogen-bond donors (Lipinski definition) is 2. The van der Waals surface area contributed by atoms with Crippen molar-refractivity contribution in [3.8, 4) is 0 Å². The van der Waals surface area contributed by atoms with Gasteiger partial charge in [0.15, 0.2) is 0 Å². The van der Waals surface area contributed by atoms with Gasteiger partial charge in [-0.25, -0.2) is 0 Å². The lowest BCUT2D eigenvalue weighted by atomic mass is 10.0. The Balaban J connectivity index is 1.56. The van der Waals surface area contributed by atoms with Crippen LogP contribution in [0.4, 0.5) is 11.4 Å². The summed E-state index contributed by atoms with van der Waals surface area (Å²) in [6.45, 7) is 3.90. The van der Waals surface area contributed by atoms with Crippen molar-refractivity contribution in [3.63, 3.8) is 0 Å². The summed E-state index contributed by atoms with van der Waals surface area (Å²) in [5, 5.41) is 9.83. The first-order chi connectivity index (χ1) is 12.1. The first-order valence-corrected chi connectivity index (χ1v) is 8.39. The molecule has 25 heavy (non-hydrogen) atoms. The van der Waals surface area contributed by atoms with E-state index in [4.69, 9.17) is 4.74 Å². The quantitative estimate of drug-likeness (QED) is 0.874. The molecular weight excluding hydrogens is 320 g/mol. The Morgan fingerprint density at radius 2 is 1.88 bits per heavy atom. The van der Waals surface area contributed by atoms with Crippen molar-refractivity contribution in [2.24, 2.45) is 5.92 Å². The van der Waals surface area contributed by atoms with Crippen LogP contribution in [-0.2, 0) is 16.1 Å². The topological polar surface area (TPSA) is 85.3 Å². The van der Waals surface area contributed by atoms with Crippen molar-refractivity contribution < 1.29 is 14.3 Å². The number of nitrogens with zero attached hydrogens (tertiary/aromatic N) is 2. The summed E-state index contributed by atoms with van der Waals surface area (Å²) in [7, 11) is 0. The van der Waals surface area contributed by atoms with Crippen molar-refractivity contribution in [3.05, 3.63) is 42.2 Å². The van der Waals surface area contributed by atoms with Gasteiger partial charge < -0.3 is 15.4 Å². The maximum atomic E-state index is 12.3. The molecule has 7 nitrogen and oxygen atoms in total. The Hall–Kier alpha value is -2.67. The van der Waals surface area contributed by atoms with E-state index in [1.165, 1.54) is 6.92 Å². The first-order valence-electron chi connectivity index (χ1n) is 8.39. The van der Waals surface area contributed by atoms with Crippen LogP contribution in [0, 0.1) is 5.92 Å². The number of ether oxygens (including phenoxy) is 1. The molecular formula is C18H22N4O3. The van der Waals surface area contributed by atoms with E-state index in [0.29, 0.717) is 22.9 Å². The fourth-order valence-electron chi connectivity index (χ4n) is 2.83. The molecule has 7 heteroatoms. The Morgan fingerprint density at radius 1 is 1.16 bits per heavy atom. The van der Waals surface area contributed by atoms with E-state index in [1.54, 1.807) is 30.5 Å². The van der Waals surface area contributed by atoms with Gasteiger partial charge in [-0.2, -0.15) is 5.10 Å². The van der Waals surface area contributed by atoms with Crippen molar-refractivity contribution >= 4 is 23.2 Å². The fourth-order valence-corrected chi connectivity index (χ4v) is 2.83. The highest BCUT2D eigenvalue weighted by molar-refractivity contribution is 6.04. The number of anilines is 2. The molecule has 2 amide bonds. The second-order valence-corrected chi connectivity index (χ2v) is 6.22. The number of nitrogens with one attached hydrogen (secondary N) is 2. The average molecular weight is 342 g/mol. The highest BCUT2D eigenvalue weighted by atomic mass is 16.5. The summed E-state index contributed by atoms with van der Waals surface area (Å²) in [5.74, 6) is 0.215. The average Bonchev–Trinajstić information content (AvgIpc) is 3.02. The van der Waals surface area contributed by atoms with Crippen LogP contribution in [0.25, 0.3) is 0 Å². The molecule has 0 aliphatic carbocycles. The standard InChI is InChI=1S/C18H22N4O3/c1-13(23)20-16-4-2-15(3-5-16)18(24)21-17-10-19-22(12-17)11-14-6-8-25-9-7-14/h2-5,10,12,14H,6-9,11H2,1H3,(H,20,23)(H,21,24). The Labute approximate surface area is 146 Å². The van der Waals surface area contributed by atoms with Gasteiger partial charge in [-0.1, -0.05) is 0 Å². The number of carbonyl (C=O) groups is 2. The van der Waals surface area contributed by atoms with Crippen LogP contribution in [0.2, 0.25) is 0 Å². The number of amides is 2. The second-order valence-electron chi connectivity index (χ2n) is 6.22. The molecule has 1 aromatic heterocycles. The van der Waals surface area contributed by atoms with E-state index in [2.05, 4.69) is 15.7 Å². The third-order valence-electron chi connectivity index (χ3n) is 4.14. The summed E-state index contributed by atoms with van der Waals surface area (Å²) < 4.78 is 7.23. The van der Waals surface area contributed by atoms with Gasteiger partial charge in [-0.15, -0.1) is 0 Å². The molecule has 132 valence electrons. The molecule has 0 bridgehead atoms. The van der Waals surface area contributed by atoms with E-state index in [0.717, 1.165) is 32.6 Å². The smallest absolute Gasteiger partial charge is 0.255 e. The van der Waals surface area contributed by atoms with Gasteiger partial charge in [0.05, 0.1) is 11.9 Å². The maximum Gasteiger partial charge on any atom is 0.255 e. The predicted octanol–water partition coefficient (Wildman–Crippen LogP) is 2.52. The minimum atomic E-state index is -0.208. The van der Waals surface area contributed by atoms with Gasteiger partial charge in [0.1, 0.15) is 0 Å². The summed E-state index contributed by atoms with van der Waals surface area (Å²) >= 11 is 0. The molecule has 0 atom stereocenters. The van der Waals surface area contributed by atoms with Crippen molar-refractivity contribution in [1.29, 1.82) is 0 Å². The zero-order valence-corrected chi connectivity index (χ0v) is 14.2. The third-order valence-corrected chi connectivity index (χ3v) is 4.14. The molecule has 0 spiro atoms. The van der Waals surface area contributed by atoms with Crippen molar-refractivity contribution in [2.45, 2.75) is 26.3 Å². The Morgan fingerprint density at radius 3 is 2.56 bits per heavy atom. The van der Waals surface area contributed by atoms with E-state index in [1.807, 2.05) is 10.9 Å². The van der Waals surface area contributed by atoms with Crippen LogP contribution < -0.4 is 10.6 Å². The number of hydrogen-bond acceptors (Lipinski definition) is 4. The molecule has 2 N–H and O–H groups in total. The molecule has 1 aromatic carbocycles. The van der Waals surface area contributed by atoms with Crippen molar-refractivity contribution in [2.75, 3.05) is 23.8 Å². The first kappa shape index (κ1) is 17.2. The van der Waals surface area contributed by atoms with Crippen LogP contribution >= 0.6 is 0 Å². The molecule has 0 unspecified atom stereocenters. The molecule has 0 saturated carbocycles. The SMILES string of the molecule is CC(=O)Nc1ccc(C(=O)Nc2cnn(CC3CCOCC3)c2)cc1. The van der Waals surface area contributed by atoms with Crippen molar-refractivity contribution in [1.82, 2.24) is 9.78 Å². The molecule has 3 rings (SSSR count). The maximum absolute atomic E-state index is 12.3. The highest BCUT2D eigenvalue weighted by Crippen LogP contribution is 2.18. The van der Waals surface area contributed by atoms with Gasteiger partial charge in [-0.3, -0.25) is 14.3 Å². The summed E-state index contributed by atoms with van der Waals surface area (Å²) in [5.41, 5.74) is 1.85. The lowest BCUT2D eigenvalue weighted by Gasteiger charge is -2.21.